The van der Waals surface area contributed by atoms with Gasteiger partial charge in [-0.05, 0) is 53.6 Å². The summed E-state index contributed by atoms with van der Waals surface area (Å²) in [6.07, 6.45) is 2.89. The predicted octanol–water partition coefficient (Wildman–Crippen LogP) is 5.77. The van der Waals surface area contributed by atoms with E-state index >= 15 is 0 Å². The van der Waals surface area contributed by atoms with Gasteiger partial charge < -0.3 is 0 Å². The molecule has 2 fully saturated rings. The standard InChI is InChI=1S/C26H28N2O/c1-19(2)18-26-16-9-17-27(26)24(28(25(26)29)21-12-4-3-5-13-21)23-15-8-11-20-10-6-7-14-22(20)23/h3-8,10-15,19,24H,9,16-18H2,1-2H3/t24-,26+/m1/s1. The van der Waals surface area contributed by atoms with Crippen LogP contribution in [-0.2, 0) is 4.79 Å². The van der Waals surface area contributed by atoms with E-state index in [1.165, 1.54) is 16.3 Å². The molecule has 3 aromatic rings. The van der Waals surface area contributed by atoms with Crippen LogP contribution in [0, 0.1) is 5.92 Å². The van der Waals surface area contributed by atoms with Gasteiger partial charge in [-0.2, -0.15) is 0 Å². The summed E-state index contributed by atoms with van der Waals surface area (Å²) >= 11 is 0. The van der Waals surface area contributed by atoms with Crippen LogP contribution in [0.3, 0.4) is 0 Å². The molecule has 0 aromatic heterocycles. The third kappa shape index (κ3) is 2.79. The van der Waals surface area contributed by atoms with Gasteiger partial charge in [0.25, 0.3) is 0 Å². The molecule has 148 valence electrons. The maximum atomic E-state index is 14.0. The smallest absolute Gasteiger partial charge is 0.249 e. The van der Waals surface area contributed by atoms with Gasteiger partial charge in [0.2, 0.25) is 5.91 Å². The van der Waals surface area contributed by atoms with Crippen molar-refractivity contribution in [3.05, 3.63) is 78.4 Å². The zero-order valence-corrected chi connectivity index (χ0v) is 17.2. The molecule has 5 rings (SSSR count). The summed E-state index contributed by atoms with van der Waals surface area (Å²) < 4.78 is 0. The lowest BCUT2D eigenvalue weighted by atomic mass is 9.86. The Hall–Kier alpha value is -2.65. The minimum atomic E-state index is -0.383. The van der Waals surface area contributed by atoms with Gasteiger partial charge in [-0.1, -0.05) is 74.5 Å². The number of benzene rings is 3. The molecule has 0 N–H and O–H groups in total. The Morgan fingerprint density at radius 2 is 1.69 bits per heavy atom. The first-order valence-electron chi connectivity index (χ1n) is 10.7. The highest BCUT2D eigenvalue weighted by Gasteiger charge is 2.60. The number of nitrogens with zero attached hydrogens (tertiary/aromatic N) is 2. The van der Waals surface area contributed by atoms with E-state index in [1.807, 2.05) is 18.2 Å². The van der Waals surface area contributed by atoms with Crippen LogP contribution in [0.15, 0.2) is 72.8 Å². The SMILES string of the molecule is CC(C)C[C@]12CCCN1[C@@H](c1cccc3ccccc13)N(c1ccccc1)C2=O. The second-order valence-corrected chi connectivity index (χ2v) is 8.88. The van der Waals surface area contributed by atoms with Crippen LogP contribution in [-0.4, -0.2) is 22.9 Å². The lowest BCUT2D eigenvalue weighted by Crippen LogP contribution is -2.46. The fourth-order valence-electron chi connectivity index (χ4n) is 5.57. The highest BCUT2D eigenvalue weighted by molar-refractivity contribution is 6.04. The average molecular weight is 385 g/mol. The number of para-hydroxylation sites is 1. The number of anilines is 1. The Balaban J connectivity index is 1.73. The van der Waals surface area contributed by atoms with Gasteiger partial charge in [0.15, 0.2) is 0 Å². The maximum Gasteiger partial charge on any atom is 0.249 e. The fourth-order valence-corrected chi connectivity index (χ4v) is 5.57. The molecule has 3 nitrogen and oxygen atoms in total. The molecule has 2 aliphatic heterocycles. The van der Waals surface area contributed by atoms with Crippen LogP contribution in [0.25, 0.3) is 10.8 Å². The van der Waals surface area contributed by atoms with Gasteiger partial charge in [-0.3, -0.25) is 14.6 Å². The van der Waals surface area contributed by atoms with Crippen molar-refractivity contribution < 1.29 is 4.79 Å². The molecular weight excluding hydrogens is 356 g/mol. The van der Waals surface area contributed by atoms with E-state index in [4.69, 9.17) is 0 Å². The number of amides is 1. The van der Waals surface area contributed by atoms with Crippen molar-refractivity contribution in [3.8, 4) is 0 Å². The molecule has 0 radical (unpaired) electrons. The fraction of sp³-hybridized carbons (Fsp3) is 0.346. The normalized spacial score (nSPS) is 24.6. The molecule has 2 heterocycles. The van der Waals surface area contributed by atoms with E-state index in [0.29, 0.717) is 5.92 Å². The van der Waals surface area contributed by atoms with Gasteiger partial charge in [0.1, 0.15) is 11.7 Å². The molecule has 1 amide bonds. The number of hydrogen-bond donors (Lipinski definition) is 0. The number of carbonyl (C=O) groups is 1. The summed E-state index contributed by atoms with van der Waals surface area (Å²) in [6, 6.07) is 25.2. The average Bonchev–Trinajstić information content (AvgIpc) is 3.24. The second kappa shape index (κ2) is 7.00. The van der Waals surface area contributed by atoms with Gasteiger partial charge in [-0.25, -0.2) is 0 Å². The third-order valence-corrected chi connectivity index (χ3v) is 6.58. The quantitative estimate of drug-likeness (QED) is 0.570. The summed E-state index contributed by atoms with van der Waals surface area (Å²) in [5.74, 6) is 0.747. The molecule has 29 heavy (non-hydrogen) atoms. The van der Waals surface area contributed by atoms with Crippen molar-refractivity contribution in [1.82, 2.24) is 4.90 Å². The van der Waals surface area contributed by atoms with Gasteiger partial charge in [0, 0.05) is 12.2 Å². The lowest BCUT2D eigenvalue weighted by molar-refractivity contribution is -0.124. The highest BCUT2D eigenvalue weighted by Crippen LogP contribution is 2.51. The molecule has 2 saturated heterocycles. The molecule has 0 bridgehead atoms. The van der Waals surface area contributed by atoms with E-state index in [1.54, 1.807) is 0 Å². The Kier molecular flexibility index (Phi) is 4.44. The number of rotatable bonds is 4. The molecule has 0 spiro atoms. The van der Waals surface area contributed by atoms with Crippen molar-refractivity contribution in [3.63, 3.8) is 0 Å². The topological polar surface area (TPSA) is 23.6 Å². The minimum Gasteiger partial charge on any atom is -0.290 e. The van der Waals surface area contributed by atoms with Crippen molar-refractivity contribution >= 4 is 22.4 Å². The Bertz CT molecular complexity index is 1040. The van der Waals surface area contributed by atoms with Gasteiger partial charge >= 0.3 is 0 Å². The van der Waals surface area contributed by atoms with Crippen molar-refractivity contribution in [1.29, 1.82) is 0 Å². The molecule has 2 atom stereocenters. The van der Waals surface area contributed by atoms with Crippen LogP contribution in [0.5, 0.6) is 0 Å². The predicted molar refractivity (Wildman–Crippen MR) is 119 cm³/mol. The summed E-state index contributed by atoms with van der Waals surface area (Å²) in [4.78, 5) is 18.6. The van der Waals surface area contributed by atoms with Crippen LogP contribution in [0.1, 0.15) is 44.8 Å². The maximum absolute atomic E-state index is 14.0. The first kappa shape index (κ1) is 18.4. The number of fused-ring (bicyclic) bond motifs is 2. The van der Waals surface area contributed by atoms with E-state index in [-0.39, 0.29) is 17.6 Å². The zero-order chi connectivity index (χ0) is 20.0. The summed E-state index contributed by atoms with van der Waals surface area (Å²) in [5.41, 5.74) is 1.84. The number of hydrogen-bond acceptors (Lipinski definition) is 2. The van der Waals surface area contributed by atoms with Crippen molar-refractivity contribution in [2.24, 2.45) is 5.92 Å². The summed E-state index contributed by atoms with van der Waals surface area (Å²) in [7, 11) is 0. The second-order valence-electron chi connectivity index (χ2n) is 8.88. The Morgan fingerprint density at radius 3 is 2.48 bits per heavy atom. The first-order chi connectivity index (χ1) is 14.1. The largest absolute Gasteiger partial charge is 0.290 e. The molecular formula is C26H28N2O. The van der Waals surface area contributed by atoms with Crippen LogP contribution >= 0.6 is 0 Å². The molecule has 0 aliphatic carbocycles. The number of carbonyl (C=O) groups excluding carboxylic acids is 1. The van der Waals surface area contributed by atoms with Crippen LogP contribution in [0.4, 0.5) is 5.69 Å². The van der Waals surface area contributed by atoms with Gasteiger partial charge in [-0.15, -0.1) is 0 Å². The highest BCUT2D eigenvalue weighted by atomic mass is 16.2. The Labute approximate surface area is 172 Å². The van der Waals surface area contributed by atoms with E-state index in [2.05, 4.69) is 78.2 Å². The van der Waals surface area contributed by atoms with E-state index in [9.17, 15) is 4.79 Å². The molecule has 0 saturated carbocycles. The van der Waals surface area contributed by atoms with Crippen molar-refractivity contribution in [2.75, 3.05) is 11.4 Å². The first-order valence-corrected chi connectivity index (χ1v) is 10.7. The summed E-state index contributed by atoms with van der Waals surface area (Å²) in [6.45, 7) is 5.43. The lowest BCUT2D eigenvalue weighted by Gasteiger charge is -2.34. The molecule has 0 unspecified atom stereocenters. The summed E-state index contributed by atoms with van der Waals surface area (Å²) in [5, 5.41) is 2.46. The zero-order valence-electron chi connectivity index (χ0n) is 17.2. The van der Waals surface area contributed by atoms with E-state index in [0.717, 1.165) is 31.5 Å². The third-order valence-electron chi connectivity index (χ3n) is 6.58. The van der Waals surface area contributed by atoms with E-state index < -0.39 is 0 Å². The van der Waals surface area contributed by atoms with Gasteiger partial charge in [0.05, 0.1) is 0 Å². The molecule has 3 aromatic carbocycles. The van der Waals surface area contributed by atoms with Crippen LogP contribution in [0.2, 0.25) is 0 Å². The van der Waals surface area contributed by atoms with Crippen molar-refractivity contribution in [2.45, 2.75) is 44.8 Å². The molecule has 2 aliphatic rings. The minimum absolute atomic E-state index is 0.0581. The van der Waals surface area contributed by atoms with Crippen LogP contribution < -0.4 is 4.90 Å². The molecule has 3 heteroatoms. The Morgan fingerprint density at radius 1 is 0.966 bits per heavy atom. The monoisotopic (exact) mass is 384 g/mol.